The number of carbonyl (C=O) groups is 1. The molecule has 0 spiro atoms. The summed E-state index contributed by atoms with van der Waals surface area (Å²) in [7, 11) is 1.55. The molecule has 0 amide bonds. The van der Waals surface area contributed by atoms with E-state index in [2.05, 4.69) is 0 Å². The molecule has 1 heterocycles. The summed E-state index contributed by atoms with van der Waals surface area (Å²) in [5.41, 5.74) is 0. The van der Waals surface area contributed by atoms with Gasteiger partial charge in [0.2, 0.25) is 5.79 Å². The largest absolute Gasteiger partial charge is 0.425 e. The van der Waals surface area contributed by atoms with Gasteiger partial charge in [-0.2, -0.15) is 0 Å². The zero-order chi connectivity index (χ0) is 10.0. The molecule has 74 valence electrons. The average molecular weight is 192 g/mol. The van der Waals surface area contributed by atoms with Crippen molar-refractivity contribution in [3.8, 4) is 0 Å². The number of methoxy groups -OCH3 is 1. The predicted octanol–water partition coefficient (Wildman–Crippen LogP) is 1.57. The minimum absolute atomic E-state index is 0.0696. The van der Waals surface area contributed by atoms with Crippen molar-refractivity contribution in [3.63, 3.8) is 0 Å². The zero-order valence-electron chi connectivity index (χ0n) is 7.97. The van der Waals surface area contributed by atoms with Gasteiger partial charge in [-0.3, -0.25) is 0 Å². The van der Waals surface area contributed by atoms with Gasteiger partial charge in [0, 0.05) is 13.2 Å². The van der Waals surface area contributed by atoms with Crippen LogP contribution < -0.4 is 0 Å². The fraction of sp³-hybridized carbons (Fsp3) is 0.364. The molecule has 1 aliphatic carbocycles. The first kappa shape index (κ1) is 9.21. The molecule has 0 N–H and O–H groups in total. The minimum Gasteiger partial charge on any atom is -0.425 e. The lowest BCUT2D eigenvalue weighted by Gasteiger charge is -2.31. The molecule has 14 heavy (non-hydrogen) atoms. The first-order chi connectivity index (χ1) is 6.77. The standard InChI is InChI=1S/C11H12O3/c1-13-11(8-7-10(12)14-11)9-5-3-2-4-6-9/h2-5,7-9H,6H2,1H3. The molecule has 3 nitrogen and oxygen atoms in total. The van der Waals surface area contributed by atoms with Crippen LogP contribution in [0.4, 0.5) is 0 Å². The highest BCUT2D eigenvalue weighted by atomic mass is 16.7. The first-order valence-electron chi connectivity index (χ1n) is 4.57. The quantitative estimate of drug-likeness (QED) is 0.623. The van der Waals surface area contributed by atoms with Gasteiger partial charge in [0.15, 0.2) is 0 Å². The lowest BCUT2D eigenvalue weighted by Crippen LogP contribution is -2.38. The van der Waals surface area contributed by atoms with Crippen molar-refractivity contribution in [2.45, 2.75) is 12.2 Å². The molecule has 2 rings (SSSR count). The third kappa shape index (κ3) is 1.40. The van der Waals surface area contributed by atoms with Crippen LogP contribution in [0.5, 0.6) is 0 Å². The Hall–Kier alpha value is -1.35. The molecule has 2 unspecified atom stereocenters. The van der Waals surface area contributed by atoms with Crippen LogP contribution in [0.2, 0.25) is 0 Å². The SMILES string of the molecule is COC1(C2C=CC=CC2)C=CC(=O)O1. The fourth-order valence-corrected chi connectivity index (χ4v) is 1.75. The van der Waals surface area contributed by atoms with Gasteiger partial charge in [0.05, 0.1) is 5.92 Å². The normalized spacial score (nSPS) is 34.9. The highest BCUT2D eigenvalue weighted by Crippen LogP contribution is 2.34. The summed E-state index contributed by atoms with van der Waals surface area (Å²) in [6.07, 6.45) is 11.9. The number of hydrogen-bond donors (Lipinski definition) is 0. The average Bonchev–Trinajstić information content (AvgIpc) is 2.63. The van der Waals surface area contributed by atoms with Crippen LogP contribution in [0.25, 0.3) is 0 Å². The van der Waals surface area contributed by atoms with E-state index in [1.165, 1.54) is 6.08 Å². The van der Waals surface area contributed by atoms with E-state index in [-0.39, 0.29) is 11.9 Å². The smallest absolute Gasteiger partial charge is 0.333 e. The number of allylic oxidation sites excluding steroid dienone is 3. The molecule has 2 aliphatic rings. The molecule has 0 aromatic rings. The Morgan fingerprint density at radius 2 is 2.43 bits per heavy atom. The Balaban J connectivity index is 2.21. The highest BCUT2D eigenvalue weighted by molar-refractivity contribution is 5.85. The molecular weight excluding hydrogens is 180 g/mol. The van der Waals surface area contributed by atoms with E-state index in [1.807, 2.05) is 24.3 Å². The van der Waals surface area contributed by atoms with E-state index >= 15 is 0 Å². The second kappa shape index (κ2) is 3.42. The monoisotopic (exact) mass is 192 g/mol. The van der Waals surface area contributed by atoms with E-state index in [4.69, 9.17) is 9.47 Å². The molecule has 0 saturated heterocycles. The van der Waals surface area contributed by atoms with Crippen LogP contribution in [0.3, 0.4) is 0 Å². The van der Waals surface area contributed by atoms with Gasteiger partial charge in [-0.1, -0.05) is 24.3 Å². The number of hydrogen-bond acceptors (Lipinski definition) is 3. The van der Waals surface area contributed by atoms with E-state index in [0.717, 1.165) is 6.42 Å². The minimum atomic E-state index is -0.891. The number of cyclic esters (lactones) is 1. The maximum Gasteiger partial charge on any atom is 0.333 e. The van der Waals surface area contributed by atoms with Crippen molar-refractivity contribution in [1.29, 1.82) is 0 Å². The van der Waals surface area contributed by atoms with Crippen LogP contribution in [0.15, 0.2) is 36.5 Å². The van der Waals surface area contributed by atoms with Crippen molar-refractivity contribution < 1.29 is 14.3 Å². The topological polar surface area (TPSA) is 35.5 Å². The van der Waals surface area contributed by atoms with Gasteiger partial charge in [-0.15, -0.1) is 0 Å². The van der Waals surface area contributed by atoms with Crippen molar-refractivity contribution in [2.75, 3.05) is 7.11 Å². The highest BCUT2D eigenvalue weighted by Gasteiger charge is 2.42. The summed E-state index contributed by atoms with van der Waals surface area (Å²) in [6.45, 7) is 0. The Morgan fingerprint density at radius 3 is 2.93 bits per heavy atom. The van der Waals surface area contributed by atoms with Gasteiger partial charge in [0.1, 0.15) is 0 Å². The van der Waals surface area contributed by atoms with Gasteiger partial charge >= 0.3 is 5.97 Å². The van der Waals surface area contributed by atoms with Crippen molar-refractivity contribution >= 4 is 5.97 Å². The Labute approximate surface area is 82.7 Å². The summed E-state index contributed by atoms with van der Waals surface area (Å²) >= 11 is 0. The van der Waals surface area contributed by atoms with Gasteiger partial charge < -0.3 is 9.47 Å². The summed E-state index contributed by atoms with van der Waals surface area (Å²) in [4.78, 5) is 11.0. The van der Waals surface area contributed by atoms with Crippen LogP contribution >= 0.6 is 0 Å². The predicted molar refractivity (Wildman–Crippen MR) is 51.4 cm³/mol. The third-order valence-electron chi connectivity index (χ3n) is 2.53. The van der Waals surface area contributed by atoms with Crippen molar-refractivity contribution in [1.82, 2.24) is 0 Å². The second-order valence-corrected chi connectivity index (χ2v) is 3.34. The summed E-state index contributed by atoms with van der Waals surface area (Å²) in [5, 5.41) is 0. The molecule has 0 aromatic heterocycles. The Kier molecular flexibility index (Phi) is 2.25. The first-order valence-corrected chi connectivity index (χ1v) is 4.57. The molecule has 0 aromatic carbocycles. The molecular formula is C11H12O3. The number of carbonyl (C=O) groups excluding carboxylic acids is 1. The molecule has 0 radical (unpaired) electrons. The Morgan fingerprint density at radius 1 is 1.57 bits per heavy atom. The van der Waals surface area contributed by atoms with E-state index in [9.17, 15) is 4.79 Å². The van der Waals surface area contributed by atoms with Crippen molar-refractivity contribution in [2.24, 2.45) is 5.92 Å². The van der Waals surface area contributed by atoms with Crippen molar-refractivity contribution in [3.05, 3.63) is 36.5 Å². The molecule has 2 atom stereocenters. The van der Waals surface area contributed by atoms with Gasteiger partial charge in [-0.25, -0.2) is 4.79 Å². The maximum atomic E-state index is 11.0. The van der Waals surface area contributed by atoms with E-state index in [1.54, 1.807) is 13.2 Å². The number of ether oxygens (including phenoxy) is 2. The second-order valence-electron chi connectivity index (χ2n) is 3.34. The molecule has 0 saturated carbocycles. The molecule has 3 heteroatoms. The molecule has 1 aliphatic heterocycles. The molecule has 0 bridgehead atoms. The van der Waals surface area contributed by atoms with Gasteiger partial charge in [-0.05, 0) is 12.5 Å². The fourth-order valence-electron chi connectivity index (χ4n) is 1.75. The third-order valence-corrected chi connectivity index (χ3v) is 2.53. The van der Waals surface area contributed by atoms with Crippen LogP contribution in [0, 0.1) is 5.92 Å². The number of esters is 1. The van der Waals surface area contributed by atoms with E-state index in [0.29, 0.717) is 0 Å². The van der Waals surface area contributed by atoms with Crippen LogP contribution in [-0.2, 0) is 14.3 Å². The summed E-state index contributed by atoms with van der Waals surface area (Å²) in [5.74, 6) is -1.16. The summed E-state index contributed by atoms with van der Waals surface area (Å²) in [6, 6.07) is 0. The zero-order valence-corrected chi connectivity index (χ0v) is 7.97. The lowest BCUT2D eigenvalue weighted by atomic mass is 9.91. The van der Waals surface area contributed by atoms with Crippen LogP contribution in [-0.4, -0.2) is 18.9 Å². The van der Waals surface area contributed by atoms with E-state index < -0.39 is 5.79 Å². The lowest BCUT2D eigenvalue weighted by molar-refractivity contribution is -0.201. The number of rotatable bonds is 2. The van der Waals surface area contributed by atoms with Gasteiger partial charge in [0.25, 0.3) is 0 Å². The maximum absolute atomic E-state index is 11.0. The van der Waals surface area contributed by atoms with Crippen LogP contribution in [0.1, 0.15) is 6.42 Å². The molecule has 0 fully saturated rings. The summed E-state index contributed by atoms with van der Waals surface area (Å²) < 4.78 is 10.5. The Bertz CT molecular complexity index is 327.